The zero-order valence-electron chi connectivity index (χ0n) is 7.53. The number of hydrogen-bond donors (Lipinski definition) is 0. The van der Waals surface area contributed by atoms with Crippen LogP contribution in [0.5, 0.6) is 0 Å². The van der Waals surface area contributed by atoms with Gasteiger partial charge >= 0.3 is 0 Å². The maximum atomic E-state index is 10.3. The van der Waals surface area contributed by atoms with Crippen LogP contribution in [0.3, 0.4) is 0 Å². The molecule has 3 nitrogen and oxygen atoms in total. The molecular weight excluding hydrogens is 152 g/mol. The van der Waals surface area contributed by atoms with Gasteiger partial charge in [0.05, 0.1) is 6.33 Å². The highest BCUT2D eigenvalue weighted by Gasteiger charge is 2.02. The van der Waals surface area contributed by atoms with Crippen LogP contribution in [-0.4, -0.2) is 15.8 Å². The lowest BCUT2D eigenvalue weighted by Crippen LogP contribution is -2.07. The molecule has 1 heterocycles. The maximum Gasteiger partial charge on any atom is 0.125 e. The van der Waals surface area contributed by atoms with Crippen LogP contribution in [-0.2, 0) is 17.8 Å². The van der Waals surface area contributed by atoms with Gasteiger partial charge in [-0.2, -0.15) is 0 Å². The lowest BCUT2D eigenvalue weighted by Gasteiger charge is -2.08. The van der Waals surface area contributed by atoms with Crippen LogP contribution < -0.4 is 0 Å². The quantitative estimate of drug-likeness (QED) is 0.631. The molecule has 0 atom stereocenters. The molecule has 1 rings (SSSR count). The number of carbonyl (C=O) groups is 1. The van der Waals surface area contributed by atoms with E-state index in [9.17, 15) is 4.79 Å². The van der Waals surface area contributed by atoms with E-state index in [1.54, 1.807) is 12.5 Å². The van der Waals surface area contributed by atoms with Crippen LogP contribution in [0.4, 0.5) is 0 Å². The van der Waals surface area contributed by atoms with E-state index >= 15 is 0 Å². The molecule has 0 N–H and O–H groups in total. The second-order valence-electron chi connectivity index (χ2n) is 3.30. The van der Waals surface area contributed by atoms with E-state index in [1.807, 2.05) is 4.57 Å². The van der Waals surface area contributed by atoms with Gasteiger partial charge in [-0.05, 0) is 5.92 Å². The standard InChI is InChI=1S/C9H14N2O/c1-8(2)6-11-7-10-5-9(11)3-4-12/h4-5,7-8H,3,6H2,1-2H3. The van der Waals surface area contributed by atoms with Gasteiger partial charge in [0.2, 0.25) is 0 Å². The minimum atomic E-state index is 0.465. The number of rotatable bonds is 4. The molecule has 3 heteroatoms. The molecule has 0 aromatic carbocycles. The van der Waals surface area contributed by atoms with Gasteiger partial charge < -0.3 is 9.36 Å². The molecule has 0 aliphatic carbocycles. The first-order chi connectivity index (χ1) is 5.74. The first kappa shape index (κ1) is 8.97. The largest absolute Gasteiger partial charge is 0.334 e. The van der Waals surface area contributed by atoms with Crippen LogP contribution in [0.2, 0.25) is 0 Å². The first-order valence-electron chi connectivity index (χ1n) is 4.16. The highest BCUT2D eigenvalue weighted by Crippen LogP contribution is 2.03. The van der Waals surface area contributed by atoms with Gasteiger partial charge in [0.1, 0.15) is 6.29 Å². The Morgan fingerprint density at radius 1 is 1.67 bits per heavy atom. The summed E-state index contributed by atoms with van der Waals surface area (Å²) in [6, 6.07) is 0. The van der Waals surface area contributed by atoms with Crippen molar-refractivity contribution < 1.29 is 4.79 Å². The van der Waals surface area contributed by atoms with Crippen LogP contribution >= 0.6 is 0 Å². The van der Waals surface area contributed by atoms with Crippen LogP contribution in [0.25, 0.3) is 0 Å². The zero-order valence-corrected chi connectivity index (χ0v) is 7.53. The Balaban J connectivity index is 2.69. The highest BCUT2D eigenvalue weighted by molar-refractivity contribution is 5.53. The van der Waals surface area contributed by atoms with Crippen molar-refractivity contribution in [1.82, 2.24) is 9.55 Å². The first-order valence-corrected chi connectivity index (χ1v) is 4.16. The topological polar surface area (TPSA) is 34.9 Å². The average molecular weight is 166 g/mol. The molecule has 0 amide bonds. The monoisotopic (exact) mass is 166 g/mol. The van der Waals surface area contributed by atoms with Gasteiger partial charge in [-0.3, -0.25) is 0 Å². The lowest BCUT2D eigenvalue weighted by molar-refractivity contribution is -0.107. The molecule has 0 bridgehead atoms. The van der Waals surface area contributed by atoms with Crippen molar-refractivity contribution in [3.63, 3.8) is 0 Å². The lowest BCUT2D eigenvalue weighted by atomic mass is 10.2. The van der Waals surface area contributed by atoms with Gasteiger partial charge in [0.15, 0.2) is 0 Å². The Morgan fingerprint density at radius 2 is 2.42 bits per heavy atom. The summed E-state index contributed by atoms with van der Waals surface area (Å²) < 4.78 is 2.03. The number of aldehydes is 1. The van der Waals surface area contributed by atoms with Crippen LogP contribution in [0, 0.1) is 5.92 Å². The number of carbonyl (C=O) groups excluding carboxylic acids is 1. The second kappa shape index (κ2) is 4.04. The normalized spacial score (nSPS) is 10.6. The number of aromatic nitrogens is 2. The smallest absolute Gasteiger partial charge is 0.125 e. The number of imidazole rings is 1. The fraction of sp³-hybridized carbons (Fsp3) is 0.556. The Morgan fingerprint density at radius 3 is 3.00 bits per heavy atom. The highest BCUT2D eigenvalue weighted by atomic mass is 16.1. The summed E-state index contributed by atoms with van der Waals surface area (Å²) in [5, 5.41) is 0. The maximum absolute atomic E-state index is 10.3. The summed E-state index contributed by atoms with van der Waals surface area (Å²) in [6.07, 6.45) is 4.90. The Bertz CT molecular complexity index is 253. The number of nitrogens with zero attached hydrogens (tertiary/aromatic N) is 2. The third-order valence-corrected chi connectivity index (χ3v) is 1.65. The summed E-state index contributed by atoms with van der Waals surface area (Å²) >= 11 is 0. The fourth-order valence-corrected chi connectivity index (χ4v) is 1.16. The molecule has 0 spiro atoms. The third kappa shape index (κ3) is 2.19. The van der Waals surface area contributed by atoms with E-state index in [2.05, 4.69) is 18.8 Å². The molecule has 0 unspecified atom stereocenters. The van der Waals surface area contributed by atoms with Gasteiger partial charge in [-0.25, -0.2) is 4.98 Å². The molecular formula is C9H14N2O. The van der Waals surface area contributed by atoms with Gasteiger partial charge in [0.25, 0.3) is 0 Å². The molecule has 0 aliphatic rings. The molecule has 1 aromatic rings. The van der Waals surface area contributed by atoms with Gasteiger partial charge in [-0.15, -0.1) is 0 Å². The van der Waals surface area contributed by atoms with Gasteiger partial charge in [0, 0.05) is 24.9 Å². The minimum Gasteiger partial charge on any atom is -0.334 e. The van der Waals surface area contributed by atoms with Crippen molar-refractivity contribution in [2.24, 2.45) is 5.92 Å². The summed E-state index contributed by atoms with van der Waals surface area (Å²) in [5.41, 5.74) is 0.999. The van der Waals surface area contributed by atoms with Crippen molar-refractivity contribution in [3.8, 4) is 0 Å². The third-order valence-electron chi connectivity index (χ3n) is 1.65. The molecule has 0 aliphatic heterocycles. The summed E-state index contributed by atoms with van der Waals surface area (Å²) in [7, 11) is 0. The van der Waals surface area contributed by atoms with Crippen molar-refractivity contribution in [2.45, 2.75) is 26.8 Å². The Hall–Kier alpha value is -1.12. The molecule has 0 saturated heterocycles. The van der Waals surface area contributed by atoms with E-state index in [0.717, 1.165) is 18.5 Å². The minimum absolute atomic E-state index is 0.465. The van der Waals surface area contributed by atoms with Crippen molar-refractivity contribution in [2.75, 3.05) is 0 Å². The van der Waals surface area contributed by atoms with E-state index in [-0.39, 0.29) is 0 Å². The predicted molar refractivity (Wildman–Crippen MR) is 46.8 cm³/mol. The van der Waals surface area contributed by atoms with E-state index in [0.29, 0.717) is 12.3 Å². The average Bonchev–Trinajstić information content (AvgIpc) is 2.37. The molecule has 66 valence electrons. The summed E-state index contributed by atoms with van der Waals surface area (Å²) in [4.78, 5) is 14.3. The van der Waals surface area contributed by atoms with E-state index in [4.69, 9.17) is 0 Å². The predicted octanol–water partition coefficient (Wildman–Crippen LogP) is 1.28. The van der Waals surface area contributed by atoms with Crippen LogP contribution in [0.1, 0.15) is 19.5 Å². The van der Waals surface area contributed by atoms with Crippen molar-refractivity contribution >= 4 is 6.29 Å². The van der Waals surface area contributed by atoms with Crippen LogP contribution in [0.15, 0.2) is 12.5 Å². The number of hydrogen-bond acceptors (Lipinski definition) is 2. The Kier molecular flexibility index (Phi) is 3.02. The molecule has 0 radical (unpaired) electrons. The van der Waals surface area contributed by atoms with Gasteiger partial charge in [-0.1, -0.05) is 13.8 Å². The van der Waals surface area contributed by atoms with E-state index < -0.39 is 0 Å². The second-order valence-corrected chi connectivity index (χ2v) is 3.30. The summed E-state index contributed by atoms with van der Waals surface area (Å²) in [5.74, 6) is 0.588. The summed E-state index contributed by atoms with van der Waals surface area (Å²) in [6.45, 7) is 5.22. The molecule has 0 saturated carbocycles. The SMILES string of the molecule is CC(C)Cn1cncc1CC=O. The van der Waals surface area contributed by atoms with E-state index in [1.165, 1.54) is 0 Å². The van der Waals surface area contributed by atoms with Crippen molar-refractivity contribution in [3.05, 3.63) is 18.2 Å². The Labute approximate surface area is 72.4 Å². The molecule has 1 aromatic heterocycles. The fourth-order valence-electron chi connectivity index (χ4n) is 1.16. The molecule has 0 fully saturated rings. The zero-order chi connectivity index (χ0) is 8.97. The van der Waals surface area contributed by atoms with Crippen molar-refractivity contribution in [1.29, 1.82) is 0 Å². The molecule has 12 heavy (non-hydrogen) atoms.